The first-order valence-electron chi connectivity index (χ1n) is 5.16. The number of hydrogen-bond acceptors (Lipinski definition) is 1. The molecule has 1 aromatic heterocycles. The van der Waals surface area contributed by atoms with Gasteiger partial charge >= 0.3 is 5.97 Å². The van der Waals surface area contributed by atoms with Crippen LogP contribution < -0.4 is 0 Å². The summed E-state index contributed by atoms with van der Waals surface area (Å²) in [6.07, 6.45) is 8.12. The number of H-pyrrole nitrogens is 1. The van der Waals surface area contributed by atoms with Crippen LogP contribution in [0.1, 0.15) is 41.7 Å². The Hall–Kier alpha value is -1.25. The lowest BCUT2D eigenvalue weighted by Gasteiger charge is -2.05. The average Bonchev–Trinajstić information content (AvgIpc) is 2.75. The number of aromatic carboxylic acids is 1. The van der Waals surface area contributed by atoms with Crippen molar-refractivity contribution in [3.63, 3.8) is 0 Å². The normalized spacial score (nSPS) is 17.4. The van der Waals surface area contributed by atoms with Crippen LogP contribution in [0.15, 0.2) is 12.3 Å². The molecule has 1 heterocycles. The number of carboxylic acids is 1. The number of aromatic nitrogens is 1. The third-order valence-corrected chi connectivity index (χ3v) is 2.97. The zero-order valence-electron chi connectivity index (χ0n) is 8.12. The van der Waals surface area contributed by atoms with E-state index in [4.69, 9.17) is 5.11 Å². The highest BCUT2D eigenvalue weighted by molar-refractivity contribution is 5.85. The Kier molecular flexibility index (Phi) is 2.57. The van der Waals surface area contributed by atoms with E-state index >= 15 is 0 Å². The molecule has 0 aliphatic heterocycles. The molecule has 1 saturated carbocycles. The van der Waals surface area contributed by atoms with E-state index in [2.05, 4.69) is 4.98 Å². The second-order valence-electron chi connectivity index (χ2n) is 4.08. The van der Waals surface area contributed by atoms with Crippen LogP contribution in [0.2, 0.25) is 0 Å². The predicted octanol–water partition coefficient (Wildman–Crippen LogP) is 2.45. The highest BCUT2D eigenvalue weighted by Gasteiger charge is 2.16. The van der Waals surface area contributed by atoms with Crippen molar-refractivity contribution in [3.8, 4) is 0 Å². The molecule has 0 saturated heterocycles. The van der Waals surface area contributed by atoms with Gasteiger partial charge in [0.15, 0.2) is 0 Å². The van der Waals surface area contributed by atoms with Crippen molar-refractivity contribution < 1.29 is 9.90 Å². The monoisotopic (exact) mass is 193 g/mol. The van der Waals surface area contributed by atoms with Gasteiger partial charge in [0.1, 0.15) is 5.69 Å². The first-order valence-corrected chi connectivity index (χ1v) is 5.16. The molecule has 0 bridgehead atoms. The number of rotatable bonds is 3. The molecule has 0 spiro atoms. The van der Waals surface area contributed by atoms with Gasteiger partial charge in [0.05, 0.1) is 0 Å². The molecule has 1 aliphatic carbocycles. The summed E-state index contributed by atoms with van der Waals surface area (Å²) in [7, 11) is 0. The van der Waals surface area contributed by atoms with Gasteiger partial charge in [-0.1, -0.05) is 25.7 Å². The number of aromatic amines is 1. The van der Waals surface area contributed by atoms with Gasteiger partial charge in [0, 0.05) is 6.20 Å². The number of carbonyl (C=O) groups is 1. The smallest absolute Gasteiger partial charge is 0.352 e. The van der Waals surface area contributed by atoms with E-state index in [0.717, 1.165) is 17.9 Å². The van der Waals surface area contributed by atoms with E-state index in [1.54, 1.807) is 6.07 Å². The summed E-state index contributed by atoms with van der Waals surface area (Å²) in [4.78, 5) is 13.4. The zero-order valence-corrected chi connectivity index (χ0v) is 8.12. The Labute approximate surface area is 83.1 Å². The van der Waals surface area contributed by atoms with Crippen molar-refractivity contribution in [1.29, 1.82) is 0 Å². The van der Waals surface area contributed by atoms with Gasteiger partial charge in [-0.3, -0.25) is 0 Å². The maximum Gasteiger partial charge on any atom is 0.352 e. The SMILES string of the molecule is O=C(O)c1cc(CC2CCCC2)c[nH]1. The maximum atomic E-state index is 10.6. The lowest BCUT2D eigenvalue weighted by Crippen LogP contribution is -1.97. The molecule has 0 amide bonds. The number of carboxylic acid groups (broad SMARTS) is 1. The van der Waals surface area contributed by atoms with E-state index in [9.17, 15) is 4.79 Å². The third-order valence-electron chi connectivity index (χ3n) is 2.97. The van der Waals surface area contributed by atoms with Gasteiger partial charge in [-0.25, -0.2) is 4.79 Å². The van der Waals surface area contributed by atoms with Crippen molar-refractivity contribution in [1.82, 2.24) is 4.98 Å². The fourth-order valence-corrected chi connectivity index (χ4v) is 2.23. The fraction of sp³-hybridized carbons (Fsp3) is 0.545. The number of hydrogen-bond donors (Lipinski definition) is 2. The summed E-state index contributed by atoms with van der Waals surface area (Å²) < 4.78 is 0. The molecule has 2 rings (SSSR count). The molecule has 0 aromatic carbocycles. The van der Waals surface area contributed by atoms with Crippen LogP contribution in [-0.4, -0.2) is 16.1 Å². The molecule has 3 heteroatoms. The standard InChI is InChI=1S/C11H15NO2/c13-11(14)10-6-9(7-12-10)5-8-3-1-2-4-8/h6-8,12H,1-5H2,(H,13,14). The van der Waals surface area contributed by atoms with E-state index in [-0.39, 0.29) is 0 Å². The third kappa shape index (κ3) is 1.97. The van der Waals surface area contributed by atoms with E-state index < -0.39 is 5.97 Å². The summed E-state index contributed by atoms with van der Waals surface area (Å²) in [6, 6.07) is 1.75. The van der Waals surface area contributed by atoms with Gasteiger partial charge in [-0.2, -0.15) is 0 Å². The van der Waals surface area contributed by atoms with Crippen molar-refractivity contribution in [2.75, 3.05) is 0 Å². The molecule has 1 fully saturated rings. The van der Waals surface area contributed by atoms with Gasteiger partial charge in [0.2, 0.25) is 0 Å². The molecule has 1 aromatic rings. The second-order valence-corrected chi connectivity index (χ2v) is 4.08. The molecule has 2 N–H and O–H groups in total. The second kappa shape index (κ2) is 3.86. The van der Waals surface area contributed by atoms with Crippen LogP contribution in [0.3, 0.4) is 0 Å². The number of nitrogens with one attached hydrogen (secondary N) is 1. The summed E-state index contributed by atoms with van der Waals surface area (Å²) in [5, 5.41) is 8.73. The lowest BCUT2D eigenvalue weighted by molar-refractivity contribution is 0.0691. The van der Waals surface area contributed by atoms with Crippen LogP contribution in [0, 0.1) is 5.92 Å². The van der Waals surface area contributed by atoms with Gasteiger partial charge in [-0.05, 0) is 24.0 Å². The molecular weight excluding hydrogens is 178 g/mol. The fourth-order valence-electron chi connectivity index (χ4n) is 2.23. The molecule has 0 atom stereocenters. The quantitative estimate of drug-likeness (QED) is 0.774. The van der Waals surface area contributed by atoms with E-state index in [0.29, 0.717) is 5.69 Å². The molecule has 3 nitrogen and oxygen atoms in total. The first-order chi connectivity index (χ1) is 6.75. The predicted molar refractivity (Wildman–Crippen MR) is 53.4 cm³/mol. The summed E-state index contributed by atoms with van der Waals surface area (Å²) in [5.74, 6) is -0.102. The van der Waals surface area contributed by atoms with Crippen molar-refractivity contribution >= 4 is 5.97 Å². The van der Waals surface area contributed by atoms with Gasteiger partial charge in [0.25, 0.3) is 0 Å². The molecule has 76 valence electrons. The van der Waals surface area contributed by atoms with Gasteiger partial charge in [-0.15, -0.1) is 0 Å². The minimum atomic E-state index is -0.873. The highest BCUT2D eigenvalue weighted by Crippen LogP contribution is 2.28. The maximum absolute atomic E-state index is 10.6. The lowest BCUT2D eigenvalue weighted by atomic mass is 10.00. The van der Waals surface area contributed by atoms with Crippen LogP contribution in [0.25, 0.3) is 0 Å². The molecule has 1 aliphatic rings. The van der Waals surface area contributed by atoms with Crippen LogP contribution in [-0.2, 0) is 6.42 Å². The minimum Gasteiger partial charge on any atom is -0.477 e. The Morgan fingerprint density at radius 1 is 1.50 bits per heavy atom. The Balaban J connectivity index is 1.98. The van der Waals surface area contributed by atoms with Gasteiger partial charge < -0.3 is 10.1 Å². The Bertz CT molecular complexity index is 324. The van der Waals surface area contributed by atoms with Crippen molar-refractivity contribution in [3.05, 3.63) is 23.5 Å². The van der Waals surface area contributed by atoms with Crippen LogP contribution in [0.5, 0.6) is 0 Å². The average molecular weight is 193 g/mol. The van der Waals surface area contributed by atoms with E-state index in [1.165, 1.54) is 25.7 Å². The Morgan fingerprint density at radius 3 is 2.79 bits per heavy atom. The zero-order chi connectivity index (χ0) is 9.97. The topological polar surface area (TPSA) is 53.1 Å². The van der Waals surface area contributed by atoms with Crippen molar-refractivity contribution in [2.24, 2.45) is 5.92 Å². The summed E-state index contributed by atoms with van der Waals surface area (Å²) in [6.45, 7) is 0. The highest BCUT2D eigenvalue weighted by atomic mass is 16.4. The minimum absolute atomic E-state index is 0.304. The molecule has 0 unspecified atom stereocenters. The van der Waals surface area contributed by atoms with Crippen molar-refractivity contribution in [2.45, 2.75) is 32.1 Å². The summed E-state index contributed by atoms with van der Waals surface area (Å²) in [5.41, 5.74) is 1.44. The molecule has 14 heavy (non-hydrogen) atoms. The molecular formula is C11H15NO2. The van der Waals surface area contributed by atoms with Crippen LogP contribution >= 0.6 is 0 Å². The van der Waals surface area contributed by atoms with Crippen LogP contribution in [0.4, 0.5) is 0 Å². The largest absolute Gasteiger partial charge is 0.477 e. The van der Waals surface area contributed by atoms with E-state index in [1.807, 2.05) is 6.20 Å². The molecule has 0 radical (unpaired) electrons. The summed E-state index contributed by atoms with van der Waals surface area (Å²) >= 11 is 0. The Morgan fingerprint density at radius 2 is 2.21 bits per heavy atom. The first kappa shape index (κ1) is 9.31.